The van der Waals surface area contributed by atoms with E-state index in [9.17, 15) is 4.39 Å². The summed E-state index contributed by atoms with van der Waals surface area (Å²) in [7, 11) is 0. The molecule has 1 aliphatic heterocycles. The van der Waals surface area contributed by atoms with Crippen LogP contribution in [-0.4, -0.2) is 12.6 Å². The van der Waals surface area contributed by atoms with E-state index in [4.69, 9.17) is 16.3 Å². The van der Waals surface area contributed by atoms with Gasteiger partial charge in [0.1, 0.15) is 17.7 Å². The van der Waals surface area contributed by atoms with Crippen molar-refractivity contribution in [3.63, 3.8) is 0 Å². The molecule has 0 saturated carbocycles. The van der Waals surface area contributed by atoms with Crippen LogP contribution in [0.3, 0.4) is 0 Å². The smallest absolute Gasteiger partial charge is 0.123 e. The first kappa shape index (κ1) is 12.3. The van der Waals surface area contributed by atoms with Crippen molar-refractivity contribution in [2.45, 2.75) is 12.5 Å². The molecule has 4 heteroatoms. The lowest BCUT2D eigenvalue weighted by Gasteiger charge is -2.13. The predicted octanol–water partition coefficient (Wildman–Crippen LogP) is 3.89. The van der Waals surface area contributed by atoms with Gasteiger partial charge < -0.3 is 10.1 Å². The minimum atomic E-state index is -0.220. The number of ether oxygens (including phenoxy) is 1. The van der Waals surface area contributed by atoms with E-state index >= 15 is 0 Å². The van der Waals surface area contributed by atoms with Crippen molar-refractivity contribution in [3.05, 3.63) is 58.9 Å². The van der Waals surface area contributed by atoms with Gasteiger partial charge in [0.15, 0.2) is 0 Å². The van der Waals surface area contributed by atoms with E-state index in [1.54, 1.807) is 6.07 Å². The first-order valence-electron chi connectivity index (χ1n) is 6.16. The van der Waals surface area contributed by atoms with Crippen LogP contribution in [0.2, 0.25) is 5.02 Å². The Morgan fingerprint density at radius 3 is 2.95 bits per heavy atom. The average Bonchev–Trinajstić information content (AvgIpc) is 2.79. The number of nitrogens with one attached hydrogen (secondary N) is 1. The van der Waals surface area contributed by atoms with Gasteiger partial charge in [-0.2, -0.15) is 0 Å². The van der Waals surface area contributed by atoms with E-state index in [1.165, 1.54) is 12.1 Å². The van der Waals surface area contributed by atoms with Gasteiger partial charge in [0.2, 0.25) is 0 Å². The third kappa shape index (κ3) is 2.66. The number of fused-ring (bicyclic) bond motifs is 1. The third-order valence-corrected chi connectivity index (χ3v) is 3.49. The number of para-hydroxylation sites is 1. The largest absolute Gasteiger partial charge is 0.488 e. The van der Waals surface area contributed by atoms with Gasteiger partial charge in [0.25, 0.3) is 0 Å². The first-order chi connectivity index (χ1) is 9.22. The fourth-order valence-corrected chi connectivity index (χ4v) is 2.43. The fraction of sp³-hybridized carbons (Fsp3) is 0.200. The number of hydrogen-bond acceptors (Lipinski definition) is 2. The quantitative estimate of drug-likeness (QED) is 0.919. The summed E-state index contributed by atoms with van der Waals surface area (Å²) in [5.41, 5.74) is 1.81. The topological polar surface area (TPSA) is 21.3 Å². The van der Waals surface area contributed by atoms with Crippen molar-refractivity contribution in [1.29, 1.82) is 0 Å². The summed E-state index contributed by atoms with van der Waals surface area (Å²) in [6.07, 6.45) is 0.720. The molecule has 0 saturated heterocycles. The molecule has 0 bridgehead atoms. The molecule has 1 unspecified atom stereocenters. The molecule has 1 heterocycles. The second-order valence-corrected chi connectivity index (χ2v) is 4.96. The van der Waals surface area contributed by atoms with Gasteiger partial charge in [-0.25, -0.2) is 4.39 Å². The van der Waals surface area contributed by atoms with Crippen LogP contribution >= 0.6 is 11.6 Å². The van der Waals surface area contributed by atoms with Crippen LogP contribution in [0, 0.1) is 5.82 Å². The average molecular weight is 278 g/mol. The van der Waals surface area contributed by atoms with Crippen LogP contribution in [0.5, 0.6) is 5.75 Å². The van der Waals surface area contributed by atoms with Crippen molar-refractivity contribution in [2.75, 3.05) is 11.9 Å². The van der Waals surface area contributed by atoms with Crippen LogP contribution < -0.4 is 10.1 Å². The molecule has 0 fully saturated rings. The number of halogens is 2. The summed E-state index contributed by atoms with van der Waals surface area (Å²) in [6.45, 7) is 0.639. The van der Waals surface area contributed by atoms with E-state index in [-0.39, 0.29) is 11.9 Å². The van der Waals surface area contributed by atoms with Gasteiger partial charge in [-0.1, -0.05) is 23.7 Å². The second-order valence-electron chi connectivity index (χ2n) is 4.56. The SMILES string of the molecule is Fc1ccc2c(c1)CC(CNc1ccccc1Cl)O2. The van der Waals surface area contributed by atoms with Gasteiger partial charge in [0.05, 0.1) is 17.3 Å². The monoisotopic (exact) mass is 277 g/mol. The standard InChI is InChI=1S/C15H13ClFNO/c16-13-3-1-2-4-14(13)18-9-12-8-10-7-11(17)5-6-15(10)19-12/h1-7,12,18H,8-9H2. The second kappa shape index (κ2) is 5.10. The molecule has 1 atom stereocenters. The number of rotatable bonds is 3. The van der Waals surface area contributed by atoms with E-state index < -0.39 is 0 Å². The van der Waals surface area contributed by atoms with Crippen molar-refractivity contribution in [1.82, 2.24) is 0 Å². The Hall–Kier alpha value is -1.74. The summed E-state index contributed by atoms with van der Waals surface area (Å²) in [4.78, 5) is 0. The maximum atomic E-state index is 13.1. The summed E-state index contributed by atoms with van der Waals surface area (Å²) in [6, 6.07) is 12.2. The van der Waals surface area contributed by atoms with Gasteiger partial charge in [-0.15, -0.1) is 0 Å². The zero-order chi connectivity index (χ0) is 13.2. The Kier molecular flexibility index (Phi) is 3.30. The molecule has 1 aliphatic rings. The molecule has 2 aromatic carbocycles. The molecule has 0 aromatic heterocycles. The summed E-state index contributed by atoms with van der Waals surface area (Å²) < 4.78 is 18.9. The molecule has 0 amide bonds. The predicted molar refractivity (Wildman–Crippen MR) is 74.5 cm³/mol. The molecular weight excluding hydrogens is 265 g/mol. The Bertz CT molecular complexity index is 602. The minimum absolute atomic E-state index is 0.00747. The van der Waals surface area contributed by atoms with Gasteiger partial charge in [-0.05, 0) is 30.3 Å². The highest BCUT2D eigenvalue weighted by Crippen LogP contribution is 2.29. The molecular formula is C15H13ClFNO. The lowest BCUT2D eigenvalue weighted by atomic mass is 10.1. The lowest BCUT2D eigenvalue weighted by molar-refractivity contribution is 0.246. The molecule has 3 rings (SSSR count). The molecule has 0 spiro atoms. The van der Waals surface area contributed by atoms with E-state index in [2.05, 4.69) is 5.32 Å². The first-order valence-corrected chi connectivity index (χ1v) is 6.53. The fourth-order valence-electron chi connectivity index (χ4n) is 2.23. The Morgan fingerprint density at radius 2 is 2.11 bits per heavy atom. The molecule has 1 N–H and O–H groups in total. The van der Waals surface area contributed by atoms with Gasteiger partial charge in [0, 0.05) is 12.0 Å². The highest BCUT2D eigenvalue weighted by Gasteiger charge is 2.23. The number of benzene rings is 2. The van der Waals surface area contributed by atoms with Crippen LogP contribution in [0.4, 0.5) is 10.1 Å². The summed E-state index contributed by atoms with van der Waals surface area (Å²) in [5.74, 6) is 0.550. The van der Waals surface area contributed by atoms with E-state index in [0.29, 0.717) is 18.0 Å². The molecule has 0 aliphatic carbocycles. The molecule has 2 aromatic rings. The third-order valence-electron chi connectivity index (χ3n) is 3.16. The number of anilines is 1. The van der Waals surface area contributed by atoms with E-state index in [0.717, 1.165) is 17.0 Å². The number of hydrogen-bond donors (Lipinski definition) is 1. The van der Waals surface area contributed by atoms with Crippen LogP contribution in [0.15, 0.2) is 42.5 Å². The molecule has 98 valence electrons. The van der Waals surface area contributed by atoms with Crippen molar-refractivity contribution >= 4 is 17.3 Å². The van der Waals surface area contributed by atoms with Crippen molar-refractivity contribution in [2.24, 2.45) is 0 Å². The molecule has 19 heavy (non-hydrogen) atoms. The van der Waals surface area contributed by atoms with Crippen LogP contribution in [0.1, 0.15) is 5.56 Å². The summed E-state index contributed by atoms with van der Waals surface area (Å²) in [5, 5.41) is 3.94. The zero-order valence-electron chi connectivity index (χ0n) is 10.2. The maximum Gasteiger partial charge on any atom is 0.123 e. The molecule has 0 radical (unpaired) electrons. The van der Waals surface area contributed by atoms with Crippen LogP contribution in [-0.2, 0) is 6.42 Å². The van der Waals surface area contributed by atoms with Crippen LogP contribution in [0.25, 0.3) is 0 Å². The lowest BCUT2D eigenvalue weighted by Crippen LogP contribution is -2.24. The van der Waals surface area contributed by atoms with Crippen molar-refractivity contribution in [3.8, 4) is 5.75 Å². The highest BCUT2D eigenvalue weighted by molar-refractivity contribution is 6.33. The van der Waals surface area contributed by atoms with Gasteiger partial charge >= 0.3 is 0 Å². The van der Waals surface area contributed by atoms with E-state index in [1.807, 2.05) is 24.3 Å². The molecule has 2 nitrogen and oxygen atoms in total. The summed E-state index contributed by atoms with van der Waals surface area (Å²) >= 11 is 6.07. The Labute approximate surface area is 116 Å². The maximum absolute atomic E-state index is 13.1. The zero-order valence-corrected chi connectivity index (χ0v) is 11.0. The minimum Gasteiger partial charge on any atom is -0.488 e. The van der Waals surface area contributed by atoms with Crippen molar-refractivity contribution < 1.29 is 9.13 Å². The van der Waals surface area contributed by atoms with Gasteiger partial charge in [-0.3, -0.25) is 0 Å². The Balaban J connectivity index is 1.63. The Morgan fingerprint density at radius 1 is 1.26 bits per heavy atom. The highest BCUT2D eigenvalue weighted by atomic mass is 35.5. The normalized spacial score (nSPS) is 16.8.